The number of nitrogens with zero attached hydrogens (tertiary/aromatic N) is 2. The van der Waals surface area contributed by atoms with Crippen molar-refractivity contribution in [2.75, 3.05) is 11.9 Å². The van der Waals surface area contributed by atoms with E-state index in [4.69, 9.17) is 0 Å². The van der Waals surface area contributed by atoms with E-state index in [9.17, 15) is 9.90 Å². The van der Waals surface area contributed by atoms with E-state index < -0.39 is 6.10 Å². The third-order valence-corrected chi connectivity index (χ3v) is 3.47. The van der Waals surface area contributed by atoms with E-state index in [1.54, 1.807) is 17.1 Å². The summed E-state index contributed by atoms with van der Waals surface area (Å²) in [4.78, 5) is 11.7. The zero-order valence-corrected chi connectivity index (χ0v) is 12.2. The third-order valence-electron chi connectivity index (χ3n) is 2.77. The fraction of sp³-hybridized carbons (Fsp3) is 0.385. The number of carbonyl (C=O) groups excluding carboxylic acids is 1. The van der Waals surface area contributed by atoms with Gasteiger partial charge in [0.2, 0.25) is 0 Å². The molecule has 2 aromatic heterocycles. The summed E-state index contributed by atoms with van der Waals surface area (Å²) in [6.07, 6.45) is 2.67. The molecule has 3 N–H and O–H groups in total. The van der Waals surface area contributed by atoms with Gasteiger partial charge in [0.05, 0.1) is 18.0 Å². The minimum absolute atomic E-state index is 0.168. The van der Waals surface area contributed by atoms with E-state index in [1.165, 1.54) is 11.3 Å². The Hall–Kier alpha value is -1.86. The van der Waals surface area contributed by atoms with E-state index in [0.717, 1.165) is 5.56 Å². The Morgan fingerprint density at radius 3 is 2.95 bits per heavy atom. The molecule has 2 rings (SSSR count). The molecule has 7 heteroatoms. The van der Waals surface area contributed by atoms with Crippen molar-refractivity contribution < 1.29 is 9.90 Å². The number of thiophene rings is 1. The number of hydrogen-bond donors (Lipinski definition) is 3. The summed E-state index contributed by atoms with van der Waals surface area (Å²) in [5.74, 6) is 0. The minimum atomic E-state index is -0.689. The van der Waals surface area contributed by atoms with Crippen molar-refractivity contribution in [3.63, 3.8) is 0 Å². The molecule has 0 radical (unpaired) electrons. The third kappa shape index (κ3) is 3.82. The predicted octanol–water partition coefficient (Wildman–Crippen LogP) is 2.38. The first kappa shape index (κ1) is 14.5. The van der Waals surface area contributed by atoms with E-state index in [2.05, 4.69) is 15.7 Å². The second-order valence-corrected chi connectivity index (χ2v) is 5.49. The maximum absolute atomic E-state index is 11.7. The SMILES string of the molecule is CC(C)n1cc(NC(=O)NCC(O)c2ccsc2)cn1. The summed E-state index contributed by atoms with van der Waals surface area (Å²) < 4.78 is 1.76. The van der Waals surface area contributed by atoms with Crippen molar-refractivity contribution in [3.05, 3.63) is 34.8 Å². The van der Waals surface area contributed by atoms with Crippen LogP contribution < -0.4 is 10.6 Å². The molecule has 0 spiro atoms. The van der Waals surface area contributed by atoms with Crippen LogP contribution in [0.2, 0.25) is 0 Å². The number of anilines is 1. The zero-order chi connectivity index (χ0) is 14.5. The van der Waals surface area contributed by atoms with Crippen molar-refractivity contribution in [2.45, 2.75) is 26.0 Å². The van der Waals surface area contributed by atoms with Crippen LogP contribution in [-0.2, 0) is 0 Å². The molecule has 20 heavy (non-hydrogen) atoms. The highest BCUT2D eigenvalue weighted by atomic mass is 32.1. The van der Waals surface area contributed by atoms with E-state index in [0.29, 0.717) is 5.69 Å². The molecule has 2 heterocycles. The Bertz CT molecular complexity index is 550. The second-order valence-electron chi connectivity index (χ2n) is 4.71. The molecule has 0 saturated heterocycles. The van der Waals surface area contributed by atoms with Crippen LogP contribution in [0.4, 0.5) is 10.5 Å². The van der Waals surface area contributed by atoms with Crippen molar-refractivity contribution >= 4 is 23.1 Å². The minimum Gasteiger partial charge on any atom is -0.387 e. The Kier molecular flexibility index (Phi) is 4.75. The number of amides is 2. The second kappa shape index (κ2) is 6.53. The molecule has 2 amide bonds. The summed E-state index contributed by atoms with van der Waals surface area (Å²) in [6, 6.07) is 1.72. The van der Waals surface area contributed by atoms with Crippen LogP contribution in [0.25, 0.3) is 0 Å². The average molecular weight is 294 g/mol. The predicted molar refractivity (Wildman–Crippen MR) is 78.9 cm³/mol. The topological polar surface area (TPSA) is 79.2 Å². The lowest BCUT2D eigenvalue weighted by Crippen LogP contribution is -2.32. The smallest absolute Gasteiger partial charge is 0.319 e. The van der Waals surface area contributed by atoms with Gasteiger partial charge in [0.15, 0.2) is 0 Å². The molecule has 0 aliphatic rings. The molecule has 1 atom stereocenters. The molecule has 2 aromatic rings. The summed E-state index contributed by atoms with van der Waals surface area (Å²) >= 11 is 1.51. The van der Waals surface area contributed by atoms with Crippen molar-refractivity contribution in [1.29, 1.82) is 0 Å². The van der Waals surface area contributed by atoms with Crippen LogP contribution in [0.1, 0.15) is 31.6 Å². The van der Waals surface area contributed by atoms with Crippen LogP contribution in [0.3, 0.4) is 0 Å². The zero-order valence-electron chi connectivity index (χ0n) is 11.4. The van der Waals surface area contributed by atoms with Crippen LogP contribution in [0.5, 0.6) is 0 Å². The molecule has 0 aliphatic carbocycles. The van der Waals surface area contributed by atoms with Gasteiger partial charge in [-0.05, 0) is 36.2 Å². The van der Waals surface area contributed by atoms with Gasteiger partial charge >= 0.3 is 6.03 Å². The van der Waals surface area contributed by atoms with E-state index in [1.807, 2.05) is 30.7 Å². The molecule has 0 fully saturated rings. The van der Waals surface area contributed by atoms with Crippen molar-refractivity contribution in [2.24, 2.45) is 0 Å². The first-order chi connectivity index (χ1) is 9.56. The largest absolute Gasteiger partial charge is 0.387 e. The highest BCUT2D eigenvalue weighted by Crippen LogP contribution is 2.15. The molecule has 0 aromatic carbocycles. The fourth-order valence-electron chi connectivity index (χ4n) is 1.63. The number of aliphatic hydroxyl groups excluding tert-OH is 1. The number of urea groups is 1. The normalized spacial score (nSPS) is 12.4. The van der Waals surface area contributed by atoms with Crippen LogP contribution in [-0.4, -0.2) is 27.5 Å². The van der Waals surface area contributed by atoms with Gasteiger partial charge < -0.3 is 15.7 Å². The first-order valence-electron chi connectivity index (χ1n) is 6.35. The molecule has 6 nitrogen and oxygen atoms in total. The number of carbonyl (C=O) groups is 1. The van der Waals surface area contributed by atoms with Crippen LogP contribution in [0.15, 0.2) is 29.2 Å². The Morgan fingerprint density at radius 1 is 1.55 bits per heavy atom. The van der Waals surface area contributed by atoms with E-state index >= 15 is 0 Å². The quantitative estimate of drug-likeness (QED) is 0.792. The van der Waals surface area contributed by atoms with Gasteiger partial charge in [0.1, 0.15) is 0 Å². The highest BCUT2D eigenvalue weighted by Gasteiger charge is 2.10. The van der Waals surface area contributed by atoms with Gasteiger partial charge in [-0.2, -0.15) is 16.4 Å². The van der Waals surface area contributed by atoms with Crippen molar-refractivity contribution in [3.8, 4) is 0 Å². The highest BCUT2D eigenvalue weighted by molar-refractivity contribution is 7.07. The Balaban J connectivity index is 1.80. The summed E-state index contributed by atoms with van der Waals surface area (Å²) in [5, 5.41) is 23.0. The van der Waals surface area contributed by atoms with Gasteiger partial charge in [0, 0.05) is 18.8 Å². The van der Waals surface area contributed by atoms with Gasteiger partial charge in [-0.3, -0.25) is 4.68 Å². The summed E-state index contributed by atoms with van der Waals surface area (Å²) in [5.41, 5.74) is 1.43. The number of aliphatic hydroxyl groups is 1. The van der Waals surface area contributed by atoms with Gasteiger partial charge in [-0.15, -0.1) is 0 Å². The van der Waals surface area contributed by atoms with Gasteiger partial charge in [-0.1, -0.05) is 0 Å². The maximum Gasteiger partial charge on any atom is 0.319 e. The van der Waals surface area contributed by atoms with Crippen LogP contribution in [0, 0.1) is 0 Å². The molecule has 108 valence electrons. The van der Waals surface area contributed by atoms with Gasteiger partial charge in [-0.25, -0.2) is 4.79 Å². The lowest BCUT2D eigenvalue weighted by atomic mass is 10.2. The molecule has 1 unspecified atom stereocenters. The molecule has 0 bridgehead atoms. The van der Waals surface area contributed by atoms with Crippen LogP contribution >= 0.6 is 11.3 Å². The first-order valence-corrected chi connectivity index (χ1v) is 7.29. The van der Waals surface area contributed by atoms with Crippen molar-refractivity contribution in [1.82, 2.24) is 15.1 Å². The van der Waals surface area contributed by atoms with Gasteiger partial charge in [0.25, 0.3) is 0 Å². The Labute approximate surface area is 121 Å². The number of rotatable bonds is 5. The molecular formula is C13H18N4O2S. The average Bonchev–Trinajstić information content (AvgIpc) is 3.06. The summed E-state index contributed by atoms with van der Waals surface area (Å²) in [7, 11) is 0. The molecular weight excluding hydrogens is 276 g/mol. The molecule has 0 saturated carbocycles. The lowest BCUT2D eigenvalue weighted by Gasteiger charge is -2.10. The molecule has 0 aliphatic heterocycles. The fourth-order valence-corrected chi connectivity index (χ4v) is 2.34. The number of hydrogen-bond acceptors (Lipinski definition) is 4. The Morgan fingerprint density at radius 2 is 2.35 bits per heavy atom. The maximum atomic E-state index is 11.7. The summed E-state index contributed by atoms with van der Waals surface area (Å²) in [6.45, 7) is 4.18. The lowest BCUT2D eigenvalue weighted by molar-refractivity contribution is 0.175. The van der Waals surface area contributed by atoms with E-state index in [-0.39, 0.29) is 18.6 Å². The number of nitrogens with one attached hydrogen (secondary N) is 2. The monoisotopic (exact) mass is 294 g/mol. The standard InChI is InChI=1S/C13H18N4O2S/c1-9(2)17-7-11(5-15-17)16-13(19)14-6-12(18)10-3-4-20-8-10/h3-5,7-9,12,18H,6H2,1-2H3,(H2,14,16,19). The number of aromatic nitrogens is 2.